The summed E-state index contributed by atoms with van der Waals surface area (Å²) in [5.74, 6) is -3.24. The van der Waals surface area contributed by atoms with Gasteiger partial charge in [0.15, 0.2) is 11.6 Å². The number of nitrogens with one attached hydrogen (secondary N) is 1. The summed E-state index contributed by atoms with van der Waals surface area (Å²) < 4.78 is 26.8. The number of rotatable bonds is 3. The molecule has 2 aromatic rings. The second kappa shape index (κ2) is 5.82. The van der Waals surface area contributed by atoms with Crippen LogP contribution < -0.4 is 5.48 Å². The number of hydrogen-bond acceptors (Lipinski definition) is 4. The molecule has 6 nitrogen and oxygen atoms in total. The summed E-state index contributed by atoms with van der Waals surface area (Å²) in [6, 6.07) is 8.81. The molecule has 0 spiro atoms. The standard InChI is InChI=1S/C15H10F2N2O4/c16-11-5-4-9(7-12(11)17)14-19(22)13(18-23-14)8-2-1-3-10(6-8)15(20)21/h1-7,13-14,18H/p+1. The lowest BCUT2D eigenvalue weighted by atomic mass is 10.1. The molecule has 1 aliphatic heterocycles. The first-order valence-corrected chi connectivity index (χ1v) is 6.62. The van der Waals surface area contributed by atoms with E-state index >= 15 is 0 Å². The Kier molecular flexibility index (Phi) is 3.85. The monoisotopic (exact) mass is 321 g/mol. The molecule has 0 aliphatic carbocycles. The number of hydroxylamine groups is 1. The Hall–Kier alpha value is -2.71. The van der Waals surface area contributed by atoms with Gasteiger partial charge in [0, 0.05) is 10.5 Å². The third-order valence-corrected chi connectivity index (χ3v) is 3.46. The van der Waals surface area contributed by atoms with Crippen LogP contribution in [0.25, 0.3) is 0 Å². The van der Waals surface area contributed by atoms with Crippen molar-refractivity contribution < 1.29 is 28.3 Å². The van der Waals surface area contributed by atoms with Crippen LogP contribution in [0.15, 0.2) is 42.5 Å². The van der Waals surface area contributed by atoms with Crippen LogP contribution in [-0.4, -0.2) is 15.8 Å². The van der Waals surface area contributed by atoms with Gasteiger partial charge < -0.3 is 5.11 Å². The summed E-state index contributed by atoms with van der Waals surface area (Å²) in [5.41, 5.74) is 3.02. The normalized spacial score (nSPS) is 20.7. The van der Waals surface area contributed by atoms with E-state index in [-0.39, 0.29) is 11.1 Å². The molecule has 2 aromatic carbocycles. The number of aromatic carboxylic acids is 1. The lowest BCUT2D eigenvalue weighted by Crippen LogP contribution is -2.18. The highest BCUT2D eigenvalue weighted by Crippen LogP contribution is 2.31. The number of hydrogen-bond donors (Lipinski definition) is 2. The zero-order valence-corrected chi connectivity index (χ0v) is 11.6. The molecule has 1 aliphatic rings. The van der Waals surface area contributed by atoms with Gasteiger partial charge in [-0.2, -0.15) is 0 Å². The number of nitrogens with zero attached hydrogens (tertiary/aromatic N) is 1. The molecule has 0 aromatic heterocycles. The predicted molar refractivity (Wildman–Crippen MR) is 73.1 cm³/mol. The van der Waals surface area contributed by atoms with Crippen molar-refractivity contribution in [2.24, 2.45) is 0 Å². The van der Waals surface area contributed by atoms with Crippen LogP contribution >= 0.6 is 0 Å². The molecule has 118 valence electrons. The summed E-state index contributed by atoms with van der Waals surface area (Å²) in [4.78, 5) is 28.5. The van der Waals surface area contributed by atoms with Crippen molar-refractivity contribution in [2.45, 2.75) is 12.4 Å². The Bertz CT molecular complexity index is 797. The minimum Gasteiger partial charge on any atom is -0.478 e. The first kappa shape index (κ1) is 15.2. The largest absolute Gasteiger partial charge is 0.478 e. The van der Waals surface area contributed by atoms with Crippen molar-refractivity contribution in [1.82, 2.24) is 5.48 Å². The Morgan fingerprint density at radius 3 is 2.61 bits per heavy atom. The molecule has 8 heteroatoms. The zero-order chi connectivity index (χ0) is 16.6. The first-order valence-electron chi connectivity index (χ1n) is 6.62. The van der Waals surface area contributed by atoms with Gasteiger partial charge in [-0.25, -0.2) is 18.4 Å². The van der Waals surface area contributed by atoms with E-state index in [0.29, 0.717) is 10.3 Å². The Morgan fingerprint density at radius 2 is 1.91 bits per heavy atom. The van der Waals surface area contributed by atoms with E-state index < -0.39 is 30.0 Å². The van der Waals surface area contributed by atoms with Crippen molar-refractivity contribution >= 4 is 5.97 Å². The van der Waals surface area contributed by atoms with Crippen LogP contribution in [-0.2, 0) is 4.84 Å². The summed E-state index contributed by atoms with van der Waals surface area (Å²) in [6.07, 6.45) is -2.14. The summed E-state index contributed by atoms with van der Waals surface area (Å²) in [6.45, 7) is 0. The summed E-state index contributed by atoms with van der Waals surface area (Å²) >= 11 is 0. The number of nitroso groups, excluding NO2 is 1. The van der Waals surface area contributed by atoms with E-state index in [1.54, 1.807) is 6.07 Å². The molecule has 0 amide bonds. The van der Waals surface area contributed by atoms with Gasteiger partial charge in [-0.3, -0.25) is 0 Å². The summed E-state index contributed by atoms with van der Waals surface area (Å²) in [7, 11) is 0. The highest BCUT2D eigenvalue weighted by Gasteiger charge is 2.45. The molecule has 1 saturated heterocycles. The Balaban J connectivity index is 1.88. The molecule has 0 saturated carbocycles. The SMILES string of the molecule is O=C(O)c1cccc(C2NOC(c3ccc(F)c(F)c3)[N+]2=O)c1. The number of carboxylic acid groups (broad SMARTS) is 1. The maximum atomic E-state index is 13.3. The average Bonchev–Trinajstić information content (AvgIpc) is 2.92. The molecule has 0 radical (unpaired) electrons. The maximum absolute atomic E-state index is 13.3. The maximum Gasteiger partial charge on any atom is 0.349 e. The molecule has 3 rings (SSSR count). The zero-order valence-electron chi connectivity index (χ0n) is 11.6. The molecule has 2 unspecified atom stereocenters. The van der Waals surface area contributed by atoms with Crippen molar-refractivity contribution in [3.63, 3.8) is 0 Å². The minimum atomic E-state index is -1.18. The van der Waals surface area contributed by atoms with E-state index in [4.69, 9.17) is 9.94 Å². The van der Waals surface area contributed by atoms with Crippen molar-refractivity contribution in [2.75, 3.05) is 0 Å². The van der Waals surface area contributed by atoms with Gasteiger partial charge in [0.2, 0.25) is 0 Å². The quantitative estimate of drug-likeness (QED) is 0.850. The molecule has 2 N–H and O–H groups in total. The van der Waals surface area contributed by atoms with Crippen LogP contribution in [0.2, 0.25) is 0 Å². The van der Waals surface area contributed by atoms with E-state index in [1.165, 1.54) is 24.3 Å². The highest BCUT2D eigenvalue weighted by molar-refractivity contribution is 5.87. The molecular formula is C15H11F2N2O4+. The van der Waals surface area contributed by atoms with Crippen molar-refractivity contribution in [1.29, 1.82) is 0 Å². The van der Waals surface area contributed by atoms with Crippen molar-refractivity contribution in [3.05, 3.63) is 75.7 Å². The van der Waals surface area contributed by atoms with Gasteiger partial charge in [-0.1, -0.05) is 12.1 Å². The van der Waals surface area contributed by atoms with Crippen molar-refractivity contribution in [3.8, 4) is 0 Å². The third-order valence-electron chi connectivity index (χ3n) is 3.46. The Labute approximate surface area is 128 Å². The molecule has 1 heterocycles. The van der Waals surface area contributed by atoms with Crippen LogP contribution in [0.5, 0.6) is 0 Å². The van der Waals surface area contributed by atoms with Crippen LogP contribution in [0, 0.1) is 16.5 Å². The lowest BCUT2D eigenvalue weighted by molar-refractivity contribution is -0.630. The third kappa shape index (κ3) is 2.81. The molecule has 1 fully saturated rings. The number of halogens is 2. The first-order chi connectivity index (χ1) is 11.0. The van der Waals surface area contributed by atoms with E-state index in [1.807, 2.05) is 0 Å². The predicted octanol–water partition coefficient (Wildman–Crippen LogP) is 2.67. The number of benzene rings is 2. The van der Waals surface area contributed by atoms with E-state index in [0.717, 1.165) is 12.1 Å². The smallest absolute Gasteiger partial charge is 0.349 e. The fourth-order valence-corrected chi connectivity index (χ4v) is 2.31. The van der Waals surface area contributed by atoms with Gasteiger partial charge in [0.05, 0.1) is 15.9 Å². The fourth-order valence-electron chi connectivity index (χ4n) is 2.31. The minimum absolute atomic E-state index is 0.0222. The molecule has 23 heavy (non-hydrogen) atoms. The second-order valence-corrected chi connectivity index (χ2v) is 4.95. The van der Waals surface area contributed by atoms with E-state index in [9.17, 15) is 18.5 Å². The summed E-state index contributed by atoms with van der Waals surface area (Å²) in [5, 5.41) is 8.98. The van der Waals surface area contributed by atoms with Gasteiger partial charge >= 0.3 is 18.4 Å². The van der Waals surface area contributed by atoms with Crippen LogP contribution in [0.4, 0.5) is 8.78 Å². The number of carbonyl (C=O) groups is 1. The molecule has 0 bridgehead atoms. The Morgan fingerprint density at radius 1 is 1.13 bits per heavy atom. The fraction of sp³-hybridized carbons (Fsp3) is 0.133. The van der Waals surface area contributed by atoms with Crippen LogP contribution in [0.3, 0.4) is 0 Å². The number of carboxylic acids is 1. The molecular weight excluding hydrogens is 310 g/mol. The van der Waals surface area contributed by atoms with Gasteiger partial charge in [-0.15, -0.1) is 5.48 Å². The highest BCUT2D eigenvalue weighted by atomic mass is 19.2. The topological polar surface area (TPSA) is 78.6 Å². The average molecular weight is 321 g/mol. The van der Waals surface area contributed by atoms with Gasteiger partial charge in [0.25, 0.3) is 0 Å². The van der Waals surface area contributed by atoms with Crippen LogP contribution in [0.1, 0.15) is 33.9 Å². The van der Waals surface area contributed by atoms with E-state index in [2.05, 4.69) is 5.48 Å². The van der Waals surface area contributed by atoms with Gasteiger partial charge in [0.1, 0.15) is 0 Å². The second-order valence-electron chi connectivity index (χ2n) is 4.95. The van der Waals surface area contributed by atoms with Gasteiger partial charge in [-0.05, 0) is 30.3 Å². The molecule has 2 atom stereocenters. The lowest BCUT2D eigenvalue weighted by Gasteiger charge is -2.03.